The van der Waals surface area contributed by atoms with Gasteiger partial charge in [0.1, 0.15) is 0 Å². The number of carbonyl (C=O) groups excluding carboxylic acids is 1. The van der Waals surface area contributed by atoms with E-state index in [4.69, 9.17) is 11.6 Å². The first-order valence-electron chi connectivity index (χ1n) is 8.92. The van der Waals surface area contributed by atoms with Gasteiger partial charge in [0.2, 0.25) is 5.91 Å². The smallest absolute Gasteiger partial charge is 0.233 e. The van der Waals surface area contributed by atoms with Crippen molar-refractivity contribution in [3.63, 3.8) is 0 Å². The van der Waals surface area contributed by atoms with Crippen molar-refractivity contribution < 1.29 is 4.79 Å². The van der Waals surface area contributed by atoms with Crippen molar-refractivity contribution in [3.8, 4) is 0 Å². The summed E-state index contributed by atoms with van der Waals surface area (Å²) >= 11 is 6.05. The summed E-state index contributed by atoms with van der Waals surface area (Å²) in [6.45, 7) is 6.23. The van der Waals surface area contributed by atoms with E-state index in [2.05, 4.69) is 24.1 Å². The number of halogens is 1. The third kappa shape index (κ3) is 2.89. The van der Waals surface area contributed by atoms with Crippen molar-refractivity contribution in [1.82, 2.24) is 10.2 Å². The van der Waals surface area contributed by atoms with Crippen molar-refractivity contribution in [2.75, 3.05) is 13.1 Å². The fourth-order valence-electron chi connectivity index (χ4n) is 4.41. The molecule has 3 rings (SSSR count). The van der Waals surface area contributed by atoms with Gasteiger partial charge in [0, 0.05) is 23.7 Å². The summed E-state index contributed by atoms with van der Waals surface area (Å²) in [5, 5.41) is 4.21. The van der Waals surface area contributed by atoms with Gasteiger partial charge in [-0.2, -0.15) is 0 Å². The van der Waals surface area contributed by atoms with Crippen LogP contribution in [0.4, 0.5) is 0 Å². The Hall–Kier alpha value is -1.06. The summed E-state index contributed by atoms with van der Waals surface area (Å²) in [5.74, 6) is 0.320. The monoisotopic (exact) mass is 334 g/mol. The SMILES string of the molecule is CCC(CC)(C(=O)N1C2CCNCC1CC2)c1ccc(Cl)cc1. The van der Waals surface area contributed by atoms with Gasteiger partial charge in [0.05, 0.1) is 5.41 Å². The predicted octanol–water partition coefficient (Wildman–Crippen LogP) is 3.75. The van der Waals surface area contributed by atoms with Crippen LogP contribution in [0.15, 0.2) is 24.3 Å². The first-order valence-corrected chi connectivity index (χ1v) is 9.29. The van der Waals surface area contributed by atoms with Crippen LogP contribution in [0.1, 0.15) is 51.5 Å². The molecule has 126 valence electrons. The van der Waals surface area contributed by atoms with Gasteiger partial charge in [-0.15, -0.1) is 0 Å². The fraction of sp³-hybridized carbons (Fsp3) is 0.632. The highest BCUT2D eigenvalue weighted by Gasteiger charge is 2.46. The standard InChI is InChI=1S/C19H27ClN2O/c1-3-19(4-2,14-5-7-15(20)8-6-14)18(23)22-16-9-10-17(22)13-21-12-11-16/h5-8,16-17,21H,3-4,9-13H2,1-2H3. The summed E-state index contributed by atoms with van der Waals surface area (Å²) in [4.78, 5) is 15.9. The minimum absolute atomic E-state index is 0.320. The molecule has 2 bridgehead atoms. The third-order valence-corrected chi connectivity index (χ3v) is 6.15. The molecule has 0 aromatic heterocycles. The van der Waals surface area contributed by atoms with E-state index in [1.54, 1.807) is 0 Å². The van der Waals surface area contributed by atoms with E-state index in [1.807, 2.05) is 24.3 Å². The molecule has 0 spiro atoms. The van der Waals surface area contributed by atoms with E-state index in [-0.39, 0.29) is 0 Å². The number of amides is 1. The number of rotatable bonds is 4. The van der Waals surface area contributed by atoms with E-state index in [0.717, 1.165) is 55.8 Å². The number of benzene rings is 1. The molecule has 1 N–H and O–H groups in total. The van der Waals surface area contributed by atoms with E-state index >= 15 is 0 Å². The highest BCUT2D eigenvalue weighted by atomic mass is 35.5. The Kier molecular flexibility index (Phi) is 4.98. The largest absolute Gasteiger partial charge is 0.335 e. The number of nitrogens with one attached hydrogen (secondary N) is 1. The first-order chi connectivity index (χ1) is 11.1. The van der Waals surface area contributed by atoms with Crippen LogP contribution < -0.4 is 5.32 Å². The third-order valence-electron chi connectivity index (χ3n) is 5.90. The van der Waals surface area contributed by atoms with E-state index < -0.39 is 5.41 Å². The molecule has 2 fully saturated rings. The number of nitrogens with zero attached hydrogens (tertiary/aromatic N) is 1. The van der Waals surface area contributed by atoms with Crippen LogP contribution in [0.25, 0.3) is 0 Å². The summed E-state index contributed by atoms with van der Waals surface area (Å²) in [6.07, 6.45) is 5.02. The van der Waals surface area contributed by atoms with E-state index in [0.29, 0.717) is 18.0 Å². The average Bonchev–Trinajstić information content (AvgIpc) is 2.83. The molecule has 0 aliphatic carbocycles. The van der Waals surface area contributed by atoms with Gasteiger partial charge in [0.25, 0.3) is 0 Å². The predicted molar refractivity (Wildman–Crippen MR) is 94.9 cm³/mol. The molecular weight excluding hydrogens is 308 g/mol. The normalized spacial score (nSPS) is 24.6. The van der Waals surface area contributed by atoms with Crippen molar-refractivity contribution in [2.45, 2.75) is 63.5 Å². The number of hydrogen-bond donors (Lipinski definition) is 1. The Morgan fingerprint density at radius 1 is 1.17 bits per heavy atom. The lowest BCUT2D eigenvalue weighted by Crippen LogP contribution is -2.52. The van der Waals surface area contributed by atoms with Gasteiger partial charge in [-0.25, -0.2) is 0 Å². The maximum atomic E-state index is 13.6. The van der Waals surface area contributed by atoms with Crippen molar-refractivity contribution in [3.05, 3.63) is 34.9 Å². The Morgan fingerprint density at radius 2 is 1.83 bits per heavy atom. The first kappa shape index (κ1) is 16.8. The average molecular weight is 335 g/mol. The molecule has 2 unspecified atom stereocenters. The van der Waals surface area contributed by atoms with Crippen molar-refractivity contribution in [1.29, 1.82) is 0 Å². The molecule has 23 heavy (non-hydrogen) atoms. The summed E-state index contributed by atoms with van der Waals surface area (Å²) in [6, 6.07) is 8.65. The van der Waals surface area contributed by atoms with Gasteiger partial charge < -0.3 is 10.2 Å². The number of carbonyl (C=O) groups is 1. The number of fused-ring (bicyclic) bond motifs is 2. The maximum Gasteiger partial charge on any atom is 0.233 e. The summed E-state index contributed by atoms with van der Waals surface area (Å²) in [5.41, 5.74) is 0.684. The lowest BCUT2D eigenvalue weighted by molar-refractivity contribution is -0.140. The zero-order valence-electron chi connectivity index (χ0n) is 14.1. The minimum Gasteiger partial charge on any atom is -0.335 e. The highest BCUT2D eigenvalue weighted by molar-refractivity contribution is 6.30. The van der Waals surface area contributed by atoms with Crippen LogP contribution >= 0.6 is 11.6 Å². The molecule has 3 nitrogen and oxygen atoms in total. The second kappa shape index (κ2) is 6.82. The van der Waals surface area contributed by atoms with Crippen molar-refractivity contribution in [2.24, 2.45) is 0 Å². The molecule has 4 heteroatoms. The van der Waals surface area contributed by atoms with E-state index in [9.17, 15) is 4.79 Å². The van der Waals surface area contributed by atoms with Gasteiger partial charge in [-0.05, 0) is 56.3 Å². The molecule has 1 amide bonds. The lowest BCUT2D eigenvalue weighted by atomic mass is 9.74. The number of hydrogen-bond acceptors (Lipinski definition) is 2. The zero-order chi connectivity index (χ0) is 16.4. The van der Waals surface area contributed by atoms with Crippen molar-refractivity contribution >= 4 is 17.5 Å². The molecular formula is C19H27ClN2O. The molecule has 2 aliphatic heterocycles. The molecule has 2 aliphatic rings. The van der Waals surface area contributed by atoms with Gasteiger partial charge >= 0.3 is 0 Å². The van der Waals surface area contributed by atoms with Crippen LogP contribution in [0.3, 0.4) is 0 Å². The highest BCUT2D eigenvalue weighted by Crippen LogP contribution is 2.39. The van der Waals surface area contributed by atoms with Crippen LogP contribution in [0.2, 0.25) is 5.02 Å². The molecule has 2 heterocycles. The summed E-state index contributed by atoms with van der Waals surface area (Å²) in [7, 11) is 0. The Labute approximate surface area is 144 Å². The zero-order valence-corrected chi connectivity index (χ0v) is 14.9. The van der Waals surface area contributed by atoms with Gasteiger partial charge in [-0.1, -0.05) is 37.6 Å². The molecule has 2 saturated heterocycles. The van der Waals surface area contributed by atoms with Crippen LogP contribution in [0, 0.1) is 0 Å². The quantitative estimate of drug-likeness (QED) is 0.909. The molecule has 2 atom stereocenters. The van der Waals surface area contributed by atoms with Gasteiger partial charge in [-0.3, -0.25) is 4.79 Å². The van der Waals surface area contributed by atoms with Crippen LogP contribution in [0.5, 0.6) is 0 Å². The maximum absolute atomic E-state index is 13.6. The Morgan fingerprint density at radius 3 is 2.48 bits per heavy atom. The molecule has 0 saturated carbocycles. The topological polar surface area (TPSA) is 32.3 Å². The second-order valence-electron chi connectivity index (χ2n) is 6.89. The molecule has 0 radical (unpaired) electrons. The Bertz CT molecular complexity index is 539. The second-order valence-corrected chi connectivity index (χ2v) is 7.32. The van der Waals surface area contributed by atoms with E-state index in [1.165, 1.54) is 0 Å². The Balaban J connectivity index is 1.97. The fourth-order valence-corrected chi connectivity index (χ4v) is 4.54. The molecule has 1 aromatic rings. The molecule has 1 aromatic carbocycles. The van der Waals surface area contributed by atoms with Crippen LogP contribution in [-0.2, 0) is 10.2 Å². The summed E-state index contributed by atoms with van der Waals surface area (Å²) < 4.78 is 0. The minimum atomic E-state index is -0.421. The lowest BCUT2D eigenvalue weighted by Gasteiger charge is -2.39. The van der Waals surface area contributed by atoms with Crippen LogP contribution in [-0.4, -0.2) is 36.0 Å². The van der Waals surface area contributed by atoms with Gasteiger partial charge in [0.15, 0.2) is 0 Å².